The summed E-state index contributed by atoms with van der Waals surface area (Å²) < 4.78 is 28.2. The molecule has 0 saturated carbocycles. The van der Waals surface area contributed by atoms with E-state index in [1.54, 1.807) is 12.1 Å². The van der Waals surface area contributed by atoms with Gasteiger partial charge in [0.2, 0.25) is 15.9 Å². The van der Waals surface area contributed by atoms with E-state index >= 15 is 0 Å². The molecule has 29 heavy (non-hydrogen) atoms. The Balaban J connectivity index is 1.75. The Morgan fingerprint density at radius 3 is 2.52 bits per heavy atom. The topological polar surface area (TPSA) is 101 Å². The molecule has 0 unspecified atom stereocenters. The maximum absolute atomic E-state index is 12.9. The third-order valence-electron chi connectivity index (χ3n) is 4.56. The quantitative estimate of drug-likeness (QED) is 0.741. The lowest BCUT2D eigenvalue weighted by Crippen LogP contribution is -2.32. The number of amides is 1. The van der Waals surface area contributed by atoms with Crippen LogP contribution in [-0.2, 0) is 21.4 Å². The summed E-state index contributed by atoms with van der Waals surface area (Å²) >= 11 is 11.5. The molecule has 0 aliphatic carbocycles. The number of nitrogens with zero attached hydrogens (tertiary/aromatic N) is 3. The summed E-state index contributed by atoms with van der Waals surface area (Å²) in [5, 5.41) is 6.13. The highest BCUT2D eigenvalue weighted by Gasteiger charge is 2.25. The zero-order chi connectivity index (χ0) is 21.0. The van der Waals surface area contributed by atoms with Gasteiger partial charge in [-0.25, -0.2) is 13.1 Å². The molecule has 1 fully saturated rings. The van der Waals surface area contributed by atoms with Crippen LogP contribution in [0.25, 0.3) is 0 Å². The van der Waals surface area contributed by atoms with Gasteiger partial charge in [0, 0.05) is 18.8 Å². The molecule has 1 amide bonds. The lowest BCUT2D eigenvalue weighted by molar-refractivity contribution is -0.117. The van der Waals surface area contributed by atoms with Gasteiger partial charge in [-0.1, -0.05) is 42.1 Å². The molecular weight excluding hydrogens is 439 g/mol. The van der Waals surface area contributed by atoms with Crippen molar-refractivity contribution >= 4 is 44.8 Å². The van der Waals surface area contributed by atoms with Gasteiger partial charge in [0.25, 0.3) is 5.56 Å². The van der Waals surface area contributed by atoms with Crippen LogP contribution >= 0.6 is 23.2 Å². The first-order valence-electron chi connectivity index (χ1n) is 9.10. The normalized spacial score (nSPS) is 15.7. The summed E-state index contributed by atoms with van der Waals surface area (Å²) in [6.07, 6.45) is 4.88. The molecule has 1 saturated heterocycles. The van der Waals surface area contributed by atoms with Crippen molar-refractivity contribution < 1.29 is 13.2 Å². The summed E-state index contributed by atoms with van der Waals surface area (Å²) in [4.78, 5) is 24.4. The van der Waals surface area contributed by atoms with Crippen LogP contribution < -0.4 is 10.9 Å². The number of hydrogen-bond acceptors (Lipinski definition) is 5. The predicted molar refractivity (Wildman–Crippen MR) is 111 cm³/mol. The molecule has 3 rings (SSSR count). The molecule has 8 nitrogen and oxygen atoms in total. The highest BCUT2D eigenvalue weighted by Crippen LogP contribution is 2.22. The van der Waals surface area contributed by atoms with Gasteiger partial charge >= 0.3 is 0 Å². The minimum Gasteiger partial charge on any atom is -0.324 e. The summed E-state index contributed by atoms with van der Waals surface area (Å²) in [6.45, 7) is 0.592. The molecule has 1 N–H and O–H groups in total. The first-order valence-corrected chi connectivity index (χ1v) is 11.3. The number of sulfonamides is 1. The first-order chi connectivity index (χ1) is 13.8. The van der Waals surface area contributed by atoms with Crippen molar-refractivity contribution in [2.24, 2.45) is 0 Å². The van der Waals surface area contributed by atoms with Crippen molar-refractivity contribution in [3.05, 3.63) is 50.9 Å². The molecule has 11 heteroatoms. The van der Waals surface area contributed by atoms with E-state index in [4.69, 9.17) is 23.2 Å². The second-order valence-electron chi connectivity index (χ2n) is 6.66. The van der Waals surface area contributed by atoms with Crippen LogP contribution in [0.15, 0.2) is 40.2 Å². The summed E-state index contributed by atoms with van der Waals surface area (Å²) in [7, 11) is -3.64. The molecule has 0 radical (unpaired) electrons. The van der Waals surface area contributed by atoms with Crippen LogP contribution in [0.4, 0.5) is 5.69 Å². The standard InChI is InChI=1S/C18H20Cl2N4O4S/c19-15-11-21-24(18(26)17(15)20)12-16(25)22-13-6-5-7-14(10-13)29(27,28)23-8-3-1-2-4-9-23/h5-7,10-11H,1-4,8-9,12H2,(H,22,25). The lowest BCUT2D eigenvalue weighted by atomic mass is 10.2. The van der Waals surface area contributed by atoms with E-state index in [0.717, 1.165) is 30.4 Å². The van der Waals surface area contributed by atoms with Gasteiger partial charge in [0.05, 0.1) is 16.1 Å². The Morgan fingerprint density at radius 2 is 1.83 bits per heavy atom. The summed E-state index contributed by atoms with van der Waals surface area (Å²) in [6, 6.07) is 6.04. The second-order valence-corrected chi connectivity index (χ2v) is 9.39. The van der Waals surface area contributed by atoms with Crippen molar-refractivity contribution in [2.75, 3.05) is 18.4 Å². The predicted octanol–water partition coefficient (Wildman–Crippen LogP) is 2.75. The molecule has 1 aromatic heterocycles. The lowest BCUT2D eigenvalue weighted by Gasteiger charge is -2.20. The average molecular weight is 459 g/mol. The molecule has 2 heterocycles. The maximum Gasteiger partial charge on any atom is 0.287 e. The van der Waals surface area contributed by atoms with Crippen molar-refractivity contribution in [1.82, 2.24) is 14.1 Å². The summed E-state index contributed by atoms with van der Waals surface area (Å²) in [5.74, 6) is -0.553. The molecule has 1 aromatic carbocycles. The van der Waals surface area contributed by atoms with Gasteiger partial charge in [-0.15, -0.1) is 0 Å². The monoisotopic (exact) mass is 458 g/mol. The van der Waals surface area contributed by atoms with Gasteiger partial charge in [0.1, 0.15) is 11.6 Å². The van der Waals surface area contributed by atoms with Crippen LogP contribution in [0.5, 0.6) is 0 Å². The molecule has 0 atom stereocenters. The van der Waals surface area contributed by atoms with Crippen LogP contribution in [0.3, 0.4) is 0 Å². The SMILES string of the molecule is O=C(Cn1ncc(Cl)c(Cl)c1=O)Nc1cccc(S(=O)(=O)N2CCCCCC2)c1. The molecule has 1 aliphatic heterocycles. The fourth-order valence-corrected chi connectivity index (χ4v) is 4.89. The van der Waals surface area contributed by atoms with E-state index in [9.17, 15) is 18.0 Å². The Labute approximate surface area is 178 Å². The van der Waals surface area contributed by atoms with E-state index in [1.807, 2.05) is 0 Å². The van der Waals surface area contributed by atoms with Crippen molar-refractivity contribution in [3.63, 3.8) is 0 Å². The third kappa shape index (κ3) is 5.16. The zero-order valence-corrected chi connectivity index (χ0v) is 17.8. The van der Waals surface area contributed by atoms with Gasteiger partial charge in [-0.3, -0.25) is 9.59 Å². The highest BCUT2D eigenvalue weighted by atomic mass is 35.5. The van der Waals surface area contributed by atoms with Crippen LogP contribution in [0, 0.1) is 0 Å². The number of nitrogens with one attached hydrogen (secondary N) is 1. The average Bonchev–Trinajstić information content (AvgIpc) is 2.99. The Hall–Kier alpha value is -1.94. The van der Waals surface area contributed by atoms with Crippen LogP contribution in [0.1, 0.15) is 25.7 Å². The minimum atomic E-state index is -3.64. The van der Waals surface area contributed by atoms with Crippen molar-refractivity contribution in [1.29, 1.82) is 0 Å². The Bertz CT molecular complexity index is 1060. The molecular formula is C18H20Cl2N4O4S. The fourth-order valence-electron chi connectivity index (χ4n) is 3.06. The van der Waals surface area contributed by atoms with Crippen LogP contribution in [-0.4, -0.2) is 41.5 Å². The van der Waals surface area contributed by atoms with E-state index < -0.39 is 28.0 Å². The number of aromatic nitrogens is 2. The second kappa shape index (κ2) is 9.25. The van der Waals surface area contributed by atoms with Crippen LogP contribution in [0.2, 0.25) is 10.0 Å². The largest absolute Gasteiger partial charge is 0.324 e. The minimum absolute atomic E-state index is 0.000236. The highest BCUT2D eigenvalue weighted by molar-refractivity contribution is 7.89. The smallest absolute Gasteiger partial charge is 0.287 e. The Kier molecular flexibility index (Phi) is 6.94. The zero-order valence-electron chi connectivity index (χ0n) is 15.5. The molecule has 1 aliphatic rings. The van der Waals surface area contributed by atoms with Crippen molar-refractivity contribution in [3.8, 4) is 0 Å². The van der Waals surface area contributed by atoms with Gasteiger partial charge in [-0.05, 0) is 31.0 Å². The van der Waals surface area contributed by atoms with Gasteiger partial charge in [0.15, 0.2) is 0 Å². The maximum atomic E-state index is 12.9. The molecule has 0 spiro atoms. The molecule has 2 aromatic rings. The number of hydrogen-bond donors (Lipinski definition) is 1. The molecule has 0 bridgehead atoms. The Morgan fingerprint density at radius 1 is 1.14 bits per heavy atom. The number of anilines is 1. The van der Waals surface area contributed by atoms with E-state index in [1.165, 1.54) is 22.6 Å². The number of halogens is 2. The van der Waals surface area contributed by atoms with E-state index in [-0.39, 0.29) is 14.9 Å². The van der Waals surface area contributed by atoms with Gasteiger partial charge in [-0.2, -0.15) is 9.40 Å². The number of carbonyl (C=O) groups excluding carboxylic acids is 1. The fraction of sp³-hybridized carbons (Fsp3) is 0.389. The van der Waals surface area contributed by atoms with Crippen molar-refractivity contribution in [2.45, 2.75) is 37.1 Å². The van der Waals surface area contributed by atoms with Gasteiger partial charge < -0.3 is 5.32 Å². The number of rotatable bonds is 5. The number of carbonyl (C=O) groups is 1. The third-order valence-corrected chi connectivity index (χ3v) is 7.20. The first kappa shape index (κ1) is 21.8. The van der Waals surface area contributed by atoms with E-state index in [0.29, 0.717) is 18.8 Å². The molecule has 156 valence electrons. The summed E-state index contributed by atoms with van der Waals surface area (Å²) in [5.41, 5.74) is -0.384. The van der Waals surface area contributed by atoms with E-state index in [2.05, 4.69) is 10.4 Å². The number of benzene rings is 1.